The van der Waals surface area contributed by atoms with E-state index in [0.717, 1.165) is 17.1 Å². The summed E-state index contributed by atoms with van der Waals surface area (Å²) in [5, 5.41) is 3.33. The molecular weight excluding hydrogens is 246 g/mol. The molecule has 0 saturated heterocycles. The predicted molar refractivity (Wildman–Crippen MR) is 83.8 cm³/mol. The molecule has 0 spiro atoms. The molecule has 0 aliphatic heterocycles. The average molecular weight is 261 g/mol. The summed E-state index contributed by atoms with van der Waals surface area (Å²) in [5.41, 5.74) is 9.65. The van der Waals surface area contributed by atoms with Crippen LogP contribution in [0, 0.1) is 0 Å². The van der Waals surface area contributed by atoms with E-state index >= 15 is 0 Å². The summed E-state index contributed by atoms with van der Waals surface area (Å²) in [6.45, 7) is 0. The molecule has 0 bridgehead atoms. The molecule has 20 heavy (non-hydrogen) atoms. The minimum atomic E-state index is 0.659. The molecule has 98 valence electrons. The molecule has 2 aromatic carbocycles. The number of nitrogens with two attached hydrogens (primary N) is 1. The zero-order chi connectivity index (χ0) is 13.8. The van der Waals surface area contributed by atoms with Crippen LogP contribution in [-0.2, 0) is 0 Å². The summed E-state index contributed by atoms with van der Waals surface area (Å²) in [5.74, 6) is 0.780. The van der Waals surface area contributed by atoms with Crippen molar-refractivity contribution in [2.24, 2.45) is 0 Å². The Morgan fingerprint density at radius 2 is 1.55 bits per heavy atom. The van der Waals surface area contributed by atoms with Gasteiger partial charge in [0.1, 0.15) is 5.82 Å². The SMILES string of the molecule is Nc1ccc(Nc2ccccc2-c2ccccc2)nc1. The highest BCUT2D eigenvalue weighted by molar-refractivity contribution is 5.80. The molecule has 3 rings (SSSR count). The third kappa shape index (κ3) is 2.62. The summed E-state index contributed by atoms with van der Waals surface area (Å²) >= 11 is 0. The Kier molecular flexibility index (Phi) is 3.33. The molecule has 0 aliphatic carbocycles. The molecule has 0 unspecified atom stereocenters. The summed E-state index contributed by atoms with van der Waals surface area (Å²) in [6, 6.07) is 22.2. The first-order valence-corrected chi connectivity index (χ1v) is 6.46. The maximum Gasteiger partial charge on any atom is 0.130 e. The Bertz CT molecular complexity index is 691. The minimum Gasteiger partial charge on any atom is -0.397 e. The second kappa shape index (κ2) is 5.45. The number of anilines is 3. The summed E-state index contributed by atoms with van der Waals surface area (Å²) in [6.07, 6.45) is 1.65. The Balaban J connectivity index is 1.96. The van der Waals surface area contributed by atoms with Crippen molar-refractivity contribution in [2.75, 3.05) is 11.1 Å². The van der Waals surface area contributed by atoms with Gasteiger partial charge in [0.05, 0.1) is 11.9 Å². The molecule has 0 atom stereocenters. The third-order valence-electron chi connectivity index (χ3n) is 3.06. The molecule has 3 aromatic rings. The highest BCUT2D eigenvalue weighted by Crippen LogP contribution is 2.29. The third-order valence-corrected chi connectivity index (χ3v) is 3.06. The van der Waals surface area contributed by atoms with Gasteiger partial charge in [-0.05, 0) is 23.8 Å². The van der Waals surface area contributed by atoms with Crippen molar-refractivity contribution >= 4 is 17.2 Å². The molecular formula is C17H15N3. The van der Waals surface area contributed by atoms with Crippen molar-refractivity contribution in [3.8, 4) is 11.1 Å². The van der Waals surface area contributed by atoms with Gasteiger partial charge in [0.2, 0.25) is 0 Å². The van der Waals surface area contributed by atoms with Crippen LogP contribution in [-0.4, -0.2) is 4.98 Å². The van der Waals surface area contributed by atoms with E-state index in [1.54, 1.807) is 6.20 Å². The normalized spacial score (nSPS) is 10.2. The first-order chi connectivity index (χ1) is 9.83. The first-order valence-electron chi connectivity index (χ1n) is 6.46. The van der Waals surface area contributed by atoms with Crippen molar-refractivity contribution < 1.29 is 0 Å². The topological polar surface area (TPSA) is 50.9 Å². The standard InChI is InChI=1S/C17H15N3/c18-14-10-11-17(19-12-14)20-16-9-5-4-8-15(16)13-6-2-1-3-7-13/h1-12H,18H2,(H,19,20). The molecule has 0 amide bonds. The number of pyridine rings is 1. The van der Waals surface area contributed by atoms with Crippen LogP contribution >= 0.6 is 0 Å². The van der Waals surface area contributed by atoms with Gasteiger partial charge in [-0.3, -0.25) is 0 Å². The molecule has 0 aliphatic rings. The van der Waals surface area contributed by atoms with Crippen LogP contribution in [0.15, 0.2) is 72.9 Å². The number of nitrogen functional groups attached to an aromatic ring is 1. The van der Waals surface area contributed by atoms with Gasteiger partial charge in [-0.1, -0.05) is 48.5 Å². The Morgan fingerprint density at radius 1 is 0.800 bits per heavy atom. The quantitative estimate of drug-likeness (QED) is 0.747. The van der Waals surface area contributed by atoms with Crippen LogP contribution in [0.5, 0.6) is 0 Å². The fourth-order valence-electron chi connectivity index (χ4n) is 2.08. The maximum absolute atomic E-state index is 5.65. The first kappa shape index (κ1) is 12.2. The van der Waals surface area contributed by atoms with Crippen LogP contribution < -0.4 is 11.1 Å². The molecule has 1 heterocycles. The van der Waals surface area contributed by atoms with E-state index in [1.165, 1.54) is 5.56 Å². The van der Waals surface area contributed by atoms with E-state index in [9.17, 15) is 0 Å². The number of aromatic nitrogens is 1. The van der Waals surface area contributed by atoms with Gasteiger partial charge in [0, 0.05) is 11.3 Å². The molecule has 0 fully saturated rings. The zero-order valence-electron chi connectivity index (χ0n) is 11.0. The molecule has 3 N–H and O–H groups in total. The van der Waals surface area contributed by atoms with E-state index in [4.69, 9.17) is 5.73 Å². The summed E-state index contributed by atoms with van der Waals surface area (Å²) in [4.78, 5) is 4.27. The zero-order valence-corrected chi connectivity index (χ0v) is 11.0. The van der Waals surface area contributed by atoms with Crippen LogP contribution in [0.1, 0.15) is 0 Å². The van der Waals surface area contributed by atoms with Crippen molar-refractivity contribution in [1.82, 2.24) is 4.98 Å². The lowest BCUT2D eigenvalue weighted by atomic mass is 10.0. The van der Waals surface area contributed by atoms with Crippen molar-refractivity contribution in [1.29, 1.82) is 0 Å². The van der Waals surface area contributed by atoms with E-state index < -0.39 is 0 Å². The second-order valence-corrected chi connectivity index (χ2v) is 4.51. The van der Waals surface area contributed by atoms with Crippen molar-refractivity contribution in [3.63, 3.8) is 0 Å². The van der Waals surface area contributed by atoms with Gasteiger partial charge in [-0.2, -0.15) is 0 Å². The number of hydrogen-bond acceptors (Lipinski definition) is 3. The smallest absolute Gasteiger partial charge is 0.130 e. The maximum atomic E-state index is 5.65. The van der Waals surface area contributed by atoms with Gasteiger partial charge in [0.25, 0.3) is 0 Å². The number of benzene rings is 2. The van der Waals surface area contributed by atoms with Crippen molar-refractivity contribution in [3.05, 3.63) is 72.9 Å². The molecule has 1 aromatic heterocycles. The lowest BCUT2D eigenvalue weighted by molar-refractivity contribution is 1.31. The Hall–Kier alpha value is -2.81. The predicted octanol–water partition coefficient (Wildman–Crippen LogP) is 4.07. The summed E-state index contributed by atoms with van der Waals surface area (Å²) in [7, 11) is 0. The molecule has 0 radical (unpaired) electrons. The van der Waals surface area contributed by atoms with Gasteiger partial charge in [0.15, 0.2) is 0 Å². The van der Waals surface area contributed by atoms with E-state index in [2.05, 4.69) is 28.5 Å². The van der Waals surface area contributed by atoms with Crippen LogP contribution in [0.25, 0.3) is 11.1 Å². The van der Waals surface area contributed by atoms with Crippen molar-refractivity contribution in [2.45, 2.75) is 0 Å². The largest absolute Gasteiger partial charge is 0.397 e. The van der Waals surface area contributed by atoms with E-state index in [1.807, 2.05) is 48.5 Å². The van der Waals surface area contributed by atoms with Gasteiger partial charge in [-0.25, -0.2) is 4.98 Å². The minimum absolute atomic E-state index is 0.659. The number of rotatable bonds is 3. The van der Waals surface area contributed by atoms with Gasteiger partial charge < -0.3 is 11.1 Å². The number of para-hydroxylation sites is 1. The monoisotopic (exact) mass is 261 g/mol. The molecule has 3 nitrogen and oxygen atoms in total. The van der Waals surface area contributed by atoms with E-state index in [0.29, 0.717) is 5.69 Å². The average Bonchev–Trinajstić information content (AvgIpc) is 2.51. The van der Waals surface area contributed by atoms with Gasteiger partial charge in [-0.15, -0.1) is 0 Å². The van der Waals surface area contributed by atoms with Crippen LogP contribution in [0.4, 0.5) is 17.2 Å². The van der Waals surface area contributed by atoms with Crippen LogP contribution in [0.2, 0.25) is 0 Å². The van der Waals surface area contributed by atoms with E-state index in [-0.39, 0.29) is 0 Å². The second-order valence-electron chi connectivity index (χ2n) is 4.51. The molecule has 0 saturated carbocycles. The fraction of sp³-hybridized carbons (Fsp3) is 0. The lowest BCUT2D eigenvalue weighted by Gasteiger charge is -2.11. The van der Waals surface area contributed by atoms with Crippen LogP contribution in [0.3, 0.4) is 0 Å². The number of hydrogen-bond donors (Lipinski definition) is 2. The number of nitrogens with one attached hydrogen (secondary N) is 1. The summed E-state index contributed by atoms with van der Waals surface area (Å²) < 4.78 is 0. The Morgan fingerprint density at radius 3 is 2.30 bits per heavy atom. The number of nitrogens with zero attached hydrogens (tertiary/aromatic N) is 1. The lowest BCUT2D eigenvalue weighted by Crippen LogP contribution is -1.96. The molecule has 3 heteroatoms. The van der Waals surface area contributed by atoms with Gasteiger partial charge >= 0.3 is 0 Å². The Labute approximate surface area is 118 Å². The highest BCUT2D eigenvalue weighted by atomic mass is 15.0. The highest BCUT2D eigenvalue weighted by Gasteiger charge is 2.04. The fourth-order valence-corrected chi connectivity index (χ4v) is 2.08.